The van der Waals surface area contributed by atoms with E-state index in [1.165, 1.54) is 48.1 Å². The minimum Gasteiger partial charge on any atom is -0.346 e. The Labute approximate surface area is 121 Å². The predicted molar refractivity (Wildman–Crippen MR) is 85.0 cm³/mol. The van der Waals surface area contributed by atoms with Crippen LogP contribution < -0.4 is 5.32 Å². The topological polar surface area (TPSA) is 20.2 Å². The van der Waals surface area contributed by atoms with Crippen LogP contribution in [0.1, 0.15) is 24.1 Å². The molecule has 0 amide bonds. The van der Waals surface area contributed by atoms with E-state index in [4.69, 9.17) is 0 Å². The lowest BCUT2D eigenvalue weighted by atomic mass is 10.1. The van der Waals surface area contributed by atoms with Crippen molar-refractivity contribution in [1.82, 2.24) is 14.8 Å². The molecule has 3 rings (SSSR count). The number of fused-ring (bicyclic) bond motifs is 1. The summed E-state index contributed by atoms with van der Waals surface area (Å²) in [5, 5.41) is 5.14. The third-order valence-electron chi connectivity index (χ3n) is 4.78. The number of hydrogen-bond acceptors (Lipinski definition) is 2. The Morgan fingerprint density at radius 3 is 2.55 bits per heavy atom. The van der Waals surface area contributed by atoms with Crippen molar-refractivity contribution in [2.24, 2.45) is 7.05 Å². The summed E-state index contributed by atoms with van der Waals surface area (Å²) in [5.74, 6) is 0. The van der Waals surface area contributed by atoms with Gasteiger partial charge in [0, 0.05) is 36.2 Å². The molecule has 0 spiro atoms. The molecule has 0 aliphatic carbocycles. The van der Waals surface area contributed by atoms with E-state index in [0.29, 0.717) is 6.04 Å². The molecule has 1 aromatic heterocycles. The summed E-state index contributed by atoms with van der Waals surface area (Å²) in [5.41, 5.74) is 4.18. The molecule has 1 aliphatic rings. The van der Waals surface area contributed by atoms with Gasteiger partial charge in [-0.25, -0.2) is 0 Å². The number of piperidine rings is 1. The van der Waals surface area contributed by atoms with Gasteiger partial charge in [0.05, 0.1) is 0 Å². The molecule has 0 bridgehead atoms. The van der Waals surface area contributed by atoms with E-state index in [0.717, 1.165) is 6.54 Å². The van der Waals surface area contributed by atoms with E-state index in [2.05, 4.69) is 60.1 Å². The van der Waals surface area contributed by atoms with Crippen LogP contribution in [0.2, 0.25) is 0 Å². The predicted octanol–water partition coefficient (Wildman–Crippen LogP) is 2.67. The first kappa shape index (κ1) is 13.7. The van der Waals surface area contributed by atoms with Crippen molar-refractivity contribution in [3.05, 3.63) is 35.5 Å². The number of benzene rings is 1. The Balaban J connectivity index is 1.74. The van der Waals surface area contributed by atoms with Gasteiger partial charge in [-0.2, -0.15) is 0 Å². The molecule has 3 heteroatoms. The zero-order valence-corrected chi connectivity index (χ0v) is 12.8. The van der Waals surface area contributed by atoms with Gasteiger partial charge in [-0.1, -0.05) is 18.2 Å². The Morgan fingerprint density at radius 1 is 1.15 bits per heavy atom. The molecular formula is C17H25N3. The fraction of sp³-hybridized carbons (Fsp3) is 0.529. The monoisotopic (exact) mass is 271 g/mol. The lowest BCUT2D eigenvalue weighted by molar-refractivity contribution is 0.233. The highest BCUT2D eigenvalue weighted by molar-refractivity contribution is 5.85. The van der Waals surface area contributed by atoms with Crippen molar-refractivity contribution >= 4 is 10.9 Å². The van der Waals surface area contributed by atoms with Crippen LogP contribution >= 0.6 is 0 Å². The fourth-order valence-electron chi connectivity index (χ4n) is 3.34. The SMILES string of the molecule is Cc1c(CNC2CCN(C)CC2)n(C)c2ccccc12. The van der Waals surface area contributed by atoms with Crippen molar-refractivity contribution in [3.63, 3.8) is 0 Å². The minimum atomic E-state index is 0.670. The van der Waals surface area contributed by atoms with Gasteiger partial charge in [0.2, 0.25) is 0 Å². The van der Waals surface area contributed by atoms with Gasteiger partial charge in [0.25, 0.3) is 0 Å². The Bertz CT molecular complexity index is 553. The second-order valence-electron chi connectivity index (χ2n) is 6.11. The highest BCUT2D eigenvalue weighted by Crippen LogP contribution is 2.24. The Hall–Kier alpha value is -1.32. The molecule has 0 unspecified atom stereocenters. The summed E-state index contributed by atoms with van der Waals surface area (Å²) in [6.07, 6.45) is 2.53. The van der Waals surface area contributed by atoms with Crippen LogP contribution in [-0.4, -0.2) is 35.6 Å². The number of hydrogen-bond donors (Lipinski definition) is 1. The smallest absolute Gasteiger partial charge is 0.0483 e. The lowest BCUT2D eigenvalue weighted by Crippen LogP contribution is -2.40. The molecule has 20 heavy (non-hydrogen) atoms. The van der Waals surface area contributed by atoms with Crippen molar-refractivity contribution < 1.29 is 0 Å². The third kappa shape index (κ3) is 2.48. The molecule has 108 valence electrons. The van der Waals surface area contributed by atoms with Crippen molar-refractivity contribution in [1.29, 1.82) is 0 Å². The number of para-hydroxylation sites is 1. The number of nitrogens with zero attached hydrogens (tertiary/aromatic N) is 2. The van der Waals surface area contributed by atoms with Crippen LogP contribution in [0.5, 0.6) is 0 Å². The molecule has 2 heterocycles. The van der Waals surface area contributed by atoms with Crippen molar-refractivity contribution in [3.8, 4) is 0 Å². The Kier molecular flexibility index (Phi) is 3.81. The van der Waals surface area contributed by atoms with Gasteiger partial charge in [-0.15, -0.1) is 0 Å². The summed E-state index contributed by atoms with van der Waals surface area (Å²) < 4.78 is 2.34. The van der Waals surface area contributed by atoms with Crippen molar-refractivity contribution in [2.75, 3.05) is 20.1 Å². The molecule has 0 atom stereocenters. The number of aryl methyl sites for hydroxylation is 2. The lowest BCUT2D eigenvalue weighted by Gasteiger charge is -2.29. The van der Waals surface area contributed by atoms with Gasteiger partial charge >= 0.3 is 0 Å². The summed E-state index contributed by atoms with van der Waals surface area (Å²) in [6.45, 7) is 5.65. The normalized spacial score (nSPS) is 17.9. The van der Waals surface area contributed by atoms with Gasteiger partial charge in [-0.05, 0) is 51.5 Å². The summed E-state index contributed by atoms with van der Waals surface area (Å²) in [6, 6.07) is 9.36. The maximum absolute atomic E-state index is 3.75. The third-order valence-corrected chi connectivity index (χ3v) is 4.78. The summed E-state index contributed by atoms with van der Waals surface area (Å²) in [7, 11) is 4.39. The second-order valence-corrected chi connectivity index (χ2v) is 6.11. The van der Waals surface area contributed by atoms with Crippen LogP contribution in [0.3, 0.4) is 0 Å². The second kappa shape index (κ2) is 5.58. The summed E-state index contributed by atoms with van der Waals surface area (Å²) >= 11 is 0. The van der Waals surface area contributed by atoms with E-state index in [-0.39, 0.29) is 0 Å². The molecule has 1 aromatic carbocycles. The standard InChI is InChI=1S/C17H25N3/c1-13-15-6-4-5-7-16(15)20(3)17(13)12-18-14-8-10-19(2)11-9-14/h4-7,14,18H,8-12H2,1-3H3. The maximum atomic E-state index is 3.75. The largest absolute Gasteiger partial charge is 0.346 e. The quantitative estimate of drug-likeness (QED) is 0.926. The average molecular weight is 271 g/mol. The van der Waals surface area contributed by atoms with Crippen LogP contribution in [0.4, 0.5) is 0 Å². The van der Waals surface area contributed by atoms with Crippen LogP contribution in [-0.2, 0) is 13.6 Å². The van der Waals surface area contributed by atoms with E-state index in [1.54, 1.807) is 0 Å². The van der Waals surface area contributed by atoms with Gasteiger partial charge in [-0.3, -0.25) is 0 Å². The Morgan fingerprint density at radius 2 is 1.85 bits per heavy atom. The van der Waals surface area contributed by atoms with E-state index < -0.39 is 0 Å². The fourth-order valence-corrected chi connectivity index (χ4v) is 3.34. The molecule has 1 fully saturated rings. The van der Waals surface area contributed by atoms with Gasteiger partial charge in [0.15, 0.2) is 0 Å². The first-order valence-electron chi connectivity index (χ1n) is 7.61. The summed E-state index contributed by atoms with van der Waals surface area (Å²) in [4.78, 5) is 2.42. The van der Waals surface area contributed by atoms with Crippen LogP contribution in [0.25, 0.3) is 10.9 Å². The minimum absolute atomic E-state index is 0.670. The first-order chi connectivity index (χ1) is 9.66. The zero-order chi connectivity index (χ0) is 14.1. The first-order valence-corrected chi connectivity index (χ1v) is 7.61. The molecule has 0 radical (unpaired) electrons. The molecule has 1 saturated heterocycles. The zero-order valence-electron chi connectivity index (χ0n) is 12.8. The molecule has 2 aromatic rings. The maximum Gasteiger partial charge on any atom is 0.0483 e. The van der Waals surface area contributed by atoms with Crippen molar-refractivity contribution in [2.45, 2.75) is 32.4 Å². The highest BCUT2D eigenvalue weighted by Gasteiger charge is 2.17. The number of likely N-dealkylation sites (tertiary alicyclic amines) is 1. The van der Waals surface area contributed by atoms with Gasteiger partial charge < -0.3 is 14.8 Å². The number of rotatable bonds is 3. The number of nitrogens with one attached hydrogen (secondary N) is 1. The molecular weight excluding hydrogens is 246 g/mol. The van der Waals surface area contributed by atoms with Crippen LogP contribution in [0.15, 0.2) is 24.3 Å². The molecule has 0 saturated carbocycles. The number of aromatic nitrogens is 1. The molecule has 3 nitrogen and oxygen atoms in total. The van der Waals surface area contributed by atoms with E-state index in [9.17, 15) is 0 Å². The molecule has 1 aliphatic heterocycles. The highest BCUT2D eigenvalue weighted by atomic mass is 15.1. The van der Waals surface area contributed by atoms with E-state index in [1.807, 2.05) is 0 Å². The van der Waals surface area contributed by atoms with Gasteiger partial charge in [0.1, 0.15) is 0 Å². The van der Waals surface area contributed by atoms with E-state index >= 15 is 0 Å². The average Bonchev–Trinajstić information content (AvgIpc) is 2.71. The molecule has 1 N–H and O–H groups in total. The van der Waals surface area contributed by atoms with Crippen LogP contribution in [0, 0.1) is 6.92 Å².